The molecule has 0 radical (unpaired) electrons. The van der Waals surface area contributed by atoms with Gasteiger partial charge in [0.05, 0.1) is 19.3 Å². The maximum absolute atomic E-state index is 13.1. The lowest BCUT2D eigenvalue weighted by Crippen LogP contribution is -2.08. The van der Waals surface area contributed by atoms with Gasteiger partial charge in [-0.1, -0.05) is 0 Å². The summed E-state index contributed by atoms with van der Waals surface area (Å²) in [5, 5.41) is 8.88. The molecule has 0 unspecified atom stereocenters. The average Bonchev–Trinajstić information content (AvgIpc) is 2.28. The predicted molar refractivity (Wildman–Crippen MR) is 53.6 cm³/mol. The summed E-state index contributed by atoms with van der Waals surface area (Å²) < 4.78 is 22.7. The van der Waals surface area contributed by atoms with E-state index in [4.69, 9.17) is 14.7 Å². The van der Waals surface area contributed by atoms with Gasteiger partial charge in [0.1, 0.15) is 23.2 Å². The summed E-state index contributed by atoms with van der Waals surface area (Å²) in [6.07, 6.45) is 0. The summed E-state index contributed by atoms with van der Waals surface area (Å²) in [5.74, 6) is -1.37. The van der Waals surface area contributed by atoms with Crippen molar-refractivity contribution in [2.24, 2.45) is 0 Å². The molecule has 1 rings (SSSR count). The molecular weight excluding hydrogens is 213 g/mol. The van der Waals surface area contributed by atoms with Crippen LogP contribution in [0.1, 0.15) is 22.8 Å². The normalized spacial score (nSPS) is 9.38. The maximum Gasteiger partial charge on any atom is 0.339 e. The molecule has 0 aromatic heterocycles. The third-order valence-corrected chi connectivity index (χ3v) is 1.89. The molecule has 0 aliphatic rings. The molecule has 1 aromatic rings. The van der Waals surface area contributed by atoms with Crippen molar-refractivity contribution in [3.05, 3.63) is 29.1 Å². The van der Waals surface area contributed by atoms with Crippen LogP contribution in [0.3, 0.4) is 0 Å². The highest BCUT2D eigenvalue weighted by molar-refractivity contribution is 5.93. The Morgan fingerprint density at radius 3 is 2.75 bits per heavy atom. The fourth-order valence-electron chi connectivity index (χ4n) is 1.23. The Bertz CT molecular complexity index is 451. The number of rotatable bonds is 3. The fourth-order valence-corrected chi connectivity index (χ4v) is 1.23. The maximum atomic E-state index is 13.1. The highest BCUT2D eigenvalue weighted by Gasteiger charge is 2.18. The molecular formula is C11H10FNO3. The van der Waals surface area contributed by atoms with E-state index in [-0.39, 0.29) is 23.5 Å². The van der Waals surface area contributed by atoms with Gasteiger partial charge in [0.2, 0.25) is 0 Å². The Morgan fingerprint density at radius 2 is 2.25 bits per heavy atom. The second-order valence-corrected chi connectivity index (χ2v) is 2.86. The monoisotopic (exact) mass is 223 g/mol. The lowest BCUT2D eigenvalue weighted by molar-refractivity contribution is 0.0525. The van der Waals surface area contributed by atoms with E-state index in [1.54, 1.807) is 13.0 Å². The van der Waals surface area contributed by atoms with E-state index in [1.807, 2.05) is 0 Å². The first-order valence-corrected chi connectivity index (χ1v) is 4.58. The topological polar surface area (TPSA) is 59.3 Å². The first kappa shape index (κ1) is 12.0. The number of hydrogen-bond acceptors (Lipinski definition) is 4. The van der Waals surface area contributed by atoms with E-state index in [9.17, 15) is 9.18 Å². The molecule has 0 aliphatic heterocycles. The van der Waals surface area contributed by atoms with Gasteiger partial charge in [-0.05, 0) is 13.0 Å². The van der Waals surface area contributed by atoms with Crippen LogP contribution in [-0.2, 0) is 4.74 Å². The number of ether oxygens (including phenoxy) is 2. The minimum absolute atomic E-state index is 0.0190. The van der Waals surface area contributed by atoms with Crippen molar-refractivity contribution in [1.29, 1.82) is 5.26 Å². The highest BCUT2D eigenvalue weighted by atomic mass is 19.1. The zero-order valence-corrected chi connectivity index (χ0v) is 8.91. The molecule has 4 nitrogen and oxygen atoms in total. The van der Waals surface area contributed by atoms with Crippen LogP contribution < -0.4 is 4.74 Å². The number of nitrogens with zero attached hydrogens (tertiary/aromatic N) is 1. The summed E-state index contributed by atoms with van der Waals surface area (Å²) in [6.45, 7) is 1.78. The van der Waals surface area contributed by atoms with E-state index < -0.39 is 11.8 Å². The smallest absolute Gasteiger partial charge is 0.339 e. The number of halogens is 1. The summed E-state index contributed by atoms with van der Waals surface area (Å²) in [5.41, 5.74) is -0.149. The molecule has 5 heteroatoms. The number of esters is 1. The van der Waals surface area contributed by atoms with Crippen LogP contribution in [0.2, 0.25) is 0 Å². The summed E-state index contributed by atoms with van der Waals surface area (Å²) >= 11 is 0. The van der Waals surface area contributed by atoms with E-state index in [2.05, 4.69) is 0 Å². The standard InChI is InChI=1S/C11H10FNO3/c1-3-16-11(14)8-4-7(12)5-10(15-2)9(8)6-13/h4-5H,3H2,1-2H3. The molecule has 0 saturated heterocycles. The van der Waals surface area contributed by atoms with Gasteiger partial charge in [0, 0.05) is 6.07 Å². The number of methoxy groups -OCH3 is 1. The lowest BCUT2D eigenvalue weighted by atomic mass is 10.1. The zero-order chi connectivity index (χ0) is 12.1. The number of carbonyl (C=O) groups is 1. The van der Waals surface area contributed by atoms with Gasteiger partial charge in [-0.15, -0.1) is 0 Å². The molecule has 0 saturated carbocycles. The second kappa shape index (κ2) is 5.12. The van der Waals surface area contributed by atoms with Gasteiger partial charge >= 0.3 is 5.97 Å². The summed E-state index contributed by atoms with van der Waals surface area (Å²) in [6, 6.07) is 3.79. The van der Waals surface area contributed by atoms with Crippen molar-refractivity contribution >= 4 is 5.97 Å². The molecule has 16 heavy (non-hydrogen) atoms. The number of hydrogen-bond donors (Lipinski definition) is 0. The van der Waals surface area contributed by atoms with Crippen LogP contribution >= 0.6 is 0 Å². The first-order valence-electron chi connectivity index (χ1n) is 4.58. The SMILES string of the molecule is CCOC(=O)c1cc(F)cc(OC)c1C#N. The zero-order valence-electron chi connectivity index (χ0n) is 8.91. The largest absolute Gasteiger partial charge is 0.495 e. The summed E-state index contributed by atoms with van der Waals surface area (Å²) in [7, 11) is 1.30. The van der Waals surface area contributed by atoms with Crippen LogP contribution in [0.4, 0.5) is 4.39 Å². The average molecular weight is 223 g/mol. The Labute approximate surface area is 92.2 Å². The van der Waals surface area contributed by atoms with E-state index in [0.717, 1.165) is 12.1 Å². The van der Waals surface area contributed by atoms with Gasteiger partial charge in [0.15, 0.2) is 0 Å². The first-order chi connectivity index (χ1) is 7.63. The van der Waals surface area contributed by atoms with Crippen LogP contribution in [0.15, 0.2) is 12.1 Å². The molecule has 0 spiro atoms. The fraction of sp³-hybridized carbons (Fsp3) is 0.273. The molecule has 0 N–H and O–H groups in total. The van der Waals surface area contributed by atoms with Crippen LogP contribution in [0.25, 0.3) is 0 Å². The van der Waals surface area contributed by atoms with Crippen molar-refractivity contribution in [3.63, 3.8) is 0 Å². The van der Waals surface area contributed by atoms with E-state index in [0.29, 0.717) is 0 Å². The minimum Gasteiger partial charge on any atom is -0.495 e. The number of nitriles is 1. The highest BCUT2D eigenvalue weighted by Crippen LogP contribution is 2.23. The Balaban J connectivity index is 3.32. The Hall–Kier alpha value is -2.09. The van der Waals surface area contributed by atoms with Gasteiger partial charge in [0.25, 0.3) is 0 Å². The predicted octanol–water partition coefficient (Wildman–Crippen LogP) is 1.88. The van der Waals surface area contributed by atoms with E-state index in [1.165, 1.54) is 7.11 Å². The van der Waals surface area contributed by atoms with Crippen molar-refractivity contribution in [3.8, 4) is 11.8 Å². The molecule has 0 aliphatic carbocycles. The molecule has 84 valence electrons. The van der Waals surface area contributed by atoms with Gasteiger partial charge in [-0.3, -0.25) is 0 Å². The van der Waals surface area contributed by atoms with Gasteiger partial charge in [-0.25, -0.2) is 9.18 Å². The van der Waals surface area contributed by atoms with E-state index >= 15 is 0 Å². The van der Waals surface area contributed by atoms with Crippen LogP contribution in [0.5, 0.6) is 5.75 Å². The molecule has 1 aromatic carbocycles. The van der Waals surface area contributed by atoms with Crippen molar-refractivity contribution < 1.29 is 18.7 Å². The van der Waals surface area contributed by atoms with Crippen molar-refractivity contribution in [2.45, 2.75) is 6.92 Å². The molecule has 0 amide bonds. The third kappa shape index (κ3) is 2.28. The van der Waals surface area contributed by atoms with Gasteiger partial charge in [-0.2, -0.15) is 5.26 Å². The third-order valence-electron chi connectivity index (χ3n) is 1.89. The van der Waals surface area contributed by atoms with Crippen molar-refractivity contribution in [2.75, 3.05) is 13.7 Å². The Kier molecular flexibility index (Phi) is 3.84. The molecule has 0 bridgehead atoms. The van der Waals surface area contributed by atoms with Gasteiger partial charge < -0.3 is 9.47 Å². The van der Waals surface area contributed by atoms with Crippen LogP contribution in [0, 0.1) is 17.1 Å². The number of benzene rings is 1. The summed E-state index contributed by atoms with van der Waals surface area (Å²) in [4.78, 5) is 11.4. The van der Waals surface area contributed by atoms with Crippen LogP contribution in [-0.4, -0.2) is 19.7 Å². The minimum atomic E-state index is -0.739. The molecule has 0 heterocycles. The Morgan fingerprint density at radius 1 is 1.56 bits per heavy atom. The molecule has 0 atom stereocenters. The molecule has 0 fully saturated rings. The quantitative estimate of drug-likeness (QED) is 0.734. The lowest BCUT2D eigenvalue weighted by Gasteiger charge is -2.08. The number of carbonyl (C=O) groups excluding carboxylic acids is 1. The second-order valence-electron chi connectivity index (χ2n) is 2.86. The van der Waals surface area contributed by atoms with Crippen molar-refractivity contribution in [1.82, 2.24) is 0 Å².